The van der Waals surface area contributed by atoms with E-state index in [0.717, 1.165) is 19.4 Å². The van der Waals surface area contributed by atoms with Crippen molar-refractivity contribution < 1.29 is 14.4 Å². The number of hydrogen-bond donors (Lipinski definition) is 1. The van der Waals surface area contributed by atoms with Crippen molar-refractivity contribution in [3.63, 3.8) is 0 Å². The molecule has 1 aliphatic rings. The van der Waals surface area contributed by atoms with Crippen molar-refractivity contribution in [2.45, 2.75) is 18.9 Å². The van der Waals surface area contributed by atoms with Crippen LogP contribution in [0.2, 0.25) is 0 Å². The average molecular weight is 174 g/mol. The van der Waals surface area contributed by atoms with Crippen LogP contribution in [-0.2, 0) is 9.57 Å². The predicted octanol–water partition coefficient (Wildman–Crippen LogP) is 0.108. The molecule has 1 heterocycles. The van der Waals surface area contributed by atoms with Crippen LogP contribution in [-0.4, -0.2) is 37.3 Å². The van der Waals surface area contributed by atoms with Gasteiger partial charge >= 0.3 is 6.09 Å². The summed E-state index contributed by atoms with van der Waals surface area (Å²) in [5, 5.41) is 0. The van der Waals surface area contributed by atoms with Gasteiger partial charge in [0.15, 0.2) is 0 Å². The molecule has 0 spiro atoms. The van der Waals surface area contributed by atoms with E-state index in [1.807, 2.05) is 0 Å². The van der Waals surface area contributed by atoms with Gasteiger partial charge in [-0.15, -0.1) is 0 Å². The van der Waals surface area contributed by atoms with Gasteiger partial charge < -0.3 is 14.5 Å². The van der Waals surface area contributed by atoms with E-state index in [1.165, 1.54) is 7.11 Å². The van der Waals surface area contributed by atoms with Crippen molar-refractivity contribution >= 4 is 6.09 Å². The Morgan fingerprint density at radius 2 is 2.50 bits per heavy atom. The van der Waals surface area contributed by atoms with Gasteiger partial charge in [0.05, 0.1) is 19.8 Å². The van der Waals surface area contributed by atoms with Gasteiger partial charge in [-0.05, 0) is 12.8 Å². The number of carbonyl (C=O) groups is 1. The second-order valence-corrected chi connectivity index (χ2v) is 2.79. The van der Waals surface area contributed by atoms with Crippen molar-refractivity contribution in [2.24, 2.45) is 5.90 Å². The standard InChI is InChI=1S/C7H14N2O3/c1-11-7(10)9-4-2-3-6(9)5-12-8/h6H,2-5,8H2,1H3. The van der Waals surface area contributed by atoms with Crippen LogP contribution in [0.15, 0.2) is 0 Å². The third-order valence-electron chi connectivity index (χ3n) is 2.07. The molecule has 0 aromatic heterocycles. The topological polar surface area (TPSA) is 64.8 Å². The fourth-order valence-electron chi connectivity index (χ4n) is 1.48. The fraction of sp³-hybridized carbons (Fsp3) is 0.857. The minimum Gasteiger partial charge on any atom is -0.453 e. The average Bonchev–Trinajstić information content (AvgIpc) is 2.52. The molecule has 0 aliphatic carbocycles. The van der Waals surface area contributed by atoms with Crippen LogP contribution in [0.25, 0.3) is 0 Å². The molecule has 1 atom stereocenters. The van der Waals surface area contributed by atoms with Crippen molar-refractivity contribution in [3.05, 3.63) is 0 Å². The highest BCUT2D eigenvalue weighted by molar-refractivity contribution is 5.68. The molecule has 1 amide bonds. The molecule has 1 saturated heterocycles. The largest absolute Gasteiger partial charge is 0.453 e. The summed E-state index contributed by atoms with van der Waals surface area (Å²) in [5.41, 5.74) is 0. The highest BCUT2D eigenvalue weighted by atomic mass is 16.6. The van der Waals surface area contributed by atoms with E-state index in [9.17, 15) is 4.79 Å². The first-order valence-electron chi connectivity index (χ1n) is 3.96. The quantitative estimate of drug-likeness (QED) is 0.603. The van der Waals surface area contributed by atoms with Crippen molar-refractivity contribution in [3.8, 4) is 0 Å². The number of amides is 1. The summed E-state index contributed by atoms with van der Waals surface area (Å²) < 4.78 is 4.60. The van der Waals surface area contributed by atoms with Gasteiger partial charge in [0.1, 0.15) is 0 Å². The van der Waals surface area contributed by atoms with E-state index in [1.54, 1.807) is 4.90 Å². The maximum Gasteiger partial charge on any atom is 0.409 e. The minimum atomic E-state index is -0.297. The highest BCUT2D eigenvalue weighted by Gasteiger charge is 2.29. The number of methoxy groups -OCH3 is 1. The number of hydrogen-bond acceptors (Lipinski definition) is 4. The number of ether oxygens (including phenoxy) is 1. The van der Waals surface area contributed by atoms with Gasteiger partial charge in [0.2, 0.25) is 0 Å². The van der Waals surface area contributed by atoms with Crippen LogP contribution in [0.1, 0.15) is 12.8 Å². The van der Waals surface area contributed by atoms with Crippen molar-refractivity contribution in [1.82, 2.24) is 4.90 Å². The molecule has 1 unspecified atom stereocenters. The minimum absolute atomic E-state index is 0.0856. The number of nitrogens with two attached hydrogens (primary N) is 1. The Hall–Kier alpha value is -0.810. The first-order valence-corrected chi connectivity index (χ1v) is 3.96. The third kappa shape index (κ3) is 1.86. The Morgan fingerprint density at radius 1 is 1.75 bits per heavy atom. The molecule has 1 aliphatic heterocycles. The zero-order valence-corrected chi connectivity index (χ0v) is 7.16. The summed E-state index contributed by atoms with van der Waals surface area (Å²) in [4.78, 5) is 17.3. The molecule has 0 saturated carbocycles. The molecular formula is C7H14N2O3. The lowest BCUT2D eigenvalue weighted by atomic mass is 10.2. The first kappa shape index (κ1) is 9.28. The molecule has 2 N–H and O–H groups in total. The summed E-state index contributed by atoms with van der Waals surface area (Å²) in [6, 6.07) is 0.0856. The lowest BCUT2D eigenvalue weighted by molar-refractivity contribution is 0.0664. The van der Waals surface area contributed by atoms with Gasteiger partial charge in [-0.25, -0.2) is 10.7 Å². The van der Waals surface area contributed by atoms with Crippen LogP contribution in [0.5, 0.6) is 0 Å². The van der Waals surface area contributed by atoms with E-state index >= 15 is 0 Å². The molecular weight excluding hydrogens is 160 g/mol. The summed E-state index contributed by atoms with van der Waals surface area (Å²) in [7, 11) is 1.38. The van der Waals surface area contributed by atoms with Gasteiger partial charge in [-0.1, -0.05) is 0 Å². The predicted molar refractivity (Wildman–Crippen MR) is 42.3 cm³/mol. The van der Waals surface area contributed by atoms with Crippen LogP contribution in [0.3, 0.4) is 0 Å². The van der Waals surface area contributed by atoms with E-state index in [-0.39, 0.29) is 12.1 Å². The van der Waals surface area contributed by atoms with Crippen LogP contribution in [0.4, 0.5) is 4.79 Å². The van der Waals surface area contributed by atoms with Gasteiger partial charge in [0.25, 0.3) is 0 Å². The van der Waals surface area contributed by atoms with E-state index < -0.39 is 0 Å². The summed E-state index contributed by atoms with van der Waals surface area (Å²) in [5.74, 6) is 4.93. The van der Waals surface area contributed by atoms with E-state index in [2.05, 4.69) is 9.57 Å². The maximum atomic E-state index is 11.1. The molecule has 0 aromatic carbocycles. The Labute approximate surface area is 71.4 Å². The maximum absolute atomic E-state index is 11.1. The SMILES string of the molecule is COC(=O)N1CCCC1CON. The van der Waals surface area contributed by atoms with Gasteiger partial charge in [0, 0.05) is 6.54 Å². The molecule has 0 radical (unpaired) electrons. The Bertz CT molecular complexity index is 163. The molecule has 0 aromatic rings. The molecule has 0 bridgehead atoms. The van der Waals surface area contributed by atoms with Crippen LogP contribution >= 0.6 is 0 Å². The third-order valence-corrected chi connectivity index (χ3v) is 2.07. The summed E-state index contributed by atoms with van der Waals surface area (Å²) >= 11 is 0. The molecule has 70 valence electrons. The van der Waals surface area contributed by atoms with Gasteiger partial charge in [-0.3, -0.25) is 0 Å². The number of rotatable bonds is 2. The van der Waals surface area contributed by atoms with Crippen LogP contribution in [0, 0.1) is 0 Å². The molecule has 5 nitrogen and oxygen atoms in total. The zero-order chi connectivity index (χ0) is 8.97. The zero-order valence-electron chi connectivity index (χ0n) is 7.16. The summed E-state index contributed by atoms with van der Waals surface area (Å²) in [6.07, 6.45) is 1.63. The molecule has 1 rings (SSSR count). The Balaban J connectivity index is 2.45. The monoisotopic (exact) mass is 174 g/mol. The second kappa shape index (κ2) is 4.27. The van der Waals surface area contributed by atoms with Crippen molar-refractivity contribution in [2.75, 3.05) is 20.3 Å². The normalized spacial score (nSPS) is 22.8. The second-order valence-electron chi connectivity index (χ2n) is 2.79. The van der Waals surface area contributed by atoms with Crippen LogP contribution < -0.4 is 5.90 Å². The lowest BCUT2D eigenvalue weighted by Gasteiger charge is -2.21. The van der Waals surface area contributed by atoms with E-state index in [4.69, 9.17) is 5.90 Å². The van der Waals surface area contributed by atoms with Gasteiger partial charge in [-0.2, -0.15) is 0 Å². The molecule has 12 heavy (non-hydrogen) atoms. The molecule has 1 fully saturated rings. The van der Waals surface area contributed by atoms with E-state index in [0.29, 0.717) is 6.61 Å². The first-order chi connectivity index (χ1) is 5.79. The number of carbonyl (C=O) groups excluding carboxylic acids is 1. The lowest BCUT2D eigenvalue weighted by Crippen LogP contribution is -2.38. The van der Waals surface area contributed by atoms with Crippen molar-refractivity contribution in [1.29, 1.82) is 0 Å². The highest BCUT2D eigenvalue weighted by Crippen LogP contribution is 2.17. The Morgan fingerprint density at radius 3 is 3.08 bits per heavy atom. The number of likely N-dealkylation sites (tertiary alicyclic amines) is 1. The summed E-state index contributed by atoms with van der Waals surface area (Å²) in [6.45, 7) is 1.12. The molecule has 5 heteroatoms. The Kier molecular flexibility index (Phi) is 3.31. The number of nitrogens with zero attached hydrogens (tertiary/aromatic N) is 1. The fourth-order valence-corrected chi connectivity index (χ4v) is 1.48. The smallest absolute Gasteiger partial charge is 0.409 e.